The molecule has 0 aliphatic heterocycles. The van der Waals surface area contributed by atoms with Crippen LogP contribution in [0.3, 0.4) is 0 Å². The van der Waals surface area contributed by atoms with Gasteiger partial charge in [0.1, 0.15) is 11.5 Å². The van der Waals surface area contributed by atoms with Crippen LogP contribution in [0.2, 0.25) is 0 Å². The van der Waals surface area contributed by atoms with E-state index < -0.39 is 0 Å². The van der Waals surface area contributed by atoms with E-state index in [-0.39, 0.29) is 5.78 Å². The molecule has 1 aliphatic carbocycles. The third kappa shape index (κ3) is 3.93. The van der Waals surface area contributed by atoms with Crippen molar-refractivity contribution in [3.8, 4) is 0 Å². The van der Waals surface area contributed by atoms with Crippen LogP contribution in [0.5, 0.6) is 0 Å². The van der Waals surface area contributed by atoms with Crippen molar-refractivity contribution in [3.63, 3.8) is 0 Å². The molecule has 0 saturated carbocycles. The van der Waals surface area contributed by atoms with Crippen molar-refractivity contribution < 1.29 is 9.32 Å². The molecule has 0 bridgehead atoms. The van der Waals surface area contributed by atoms with Gasteiger partial charge in [0.25, 0.3) is 0 Å². The summed E-state index contributed by atoms with van der Waals surface area (Å²) in [7, 11) is 0. The topological polar surface area (TPSA) is 43.1 Å². The van der Waals surface area contributed by atoms with Gasteiger partial charge in [-0.2, -0.15) is 0 Å². The summed E-state index contributed by atoms with van der Waals surface area (Å²) in [6.07, 6.45) is 4.52. The van der Waals surface area contributed by atoms with Crippen molar-refractivity contribution in [2.45, 2.75) is 51.4 Å². The molecule has 0 saturated heterocycles. The van der Waals surface area contributed by atoms with Gasteiger partial charge in [0, 0.05) is 30.7 Å². The fourth-order valence-corrected chi connectivity index (χ4v) is 5.00. The molecule has 31 heavy (non-hydrogen) atoms. The molecule has 0 N–H and O–H groups in total. The molecule has 0 radical (unpaired) electrons. The Balaban J connectivity index is 1.27. The highest BCUT2D eigenvalue weighted by atomic mass is 16.5. The summed E-state index contributed by atoms with van der Waals surface area (Å²) in [5, 5.41) is 6.74. The van der Waals surface area contributed by atoms with Crippen LogP contribution in [0.15, 0.2) is 71.3 Å². The quantitative estimate of drug-likeness (QED) is 0.375. The summed E-state index contributed by atoms with van der Waals surface area (Å²) in [6, 6.07) is 23.1. The molecule has 0 spiro atoms. The molecule has 3 heteroatoms. The van der Waals surface area contributed by atoms with Crippen molar-refractivity contribution in [2.24, 2.45) is 0 Å². The Morgan fingerprint density at radius 2 is 1.68 bits per heavy atom. The Labute approximate surface area is 183 Å². The van der Waals surface area contributed by atoms with E-state index >= 15 is 0 Å². The number of hydrogen-bond donors (Lipinski definition) is 0. The fraction of sp³-hybridized carbons (Fsp3) is 0.286. The lowest BCUT2D eigenvalue weighted by molar-refractivity contribution is -0.118. The molecule has 5 rings (SSSR count). The zero-order chi connectivity index (χ0) is 21.2. The zero-order valence-corrected chi connectivity index (χ0v) is 17.9. The van der Waals surface area contributed by atoms with Crippen LogP contribution in [-0.4, -0.2) is 10.9 Å². The molecule has 0 unspecified atom stereocenters. The Kier molecular flexibility index (Phi) is 5.42. The van der Waals surface area contributed by atoms with E-state index in [2.05, 4.69) is 60.6 Å². The monoisotopic (exact) mass is 409 g/mol. The van der Waals surface area contributed by atoms with Crippen LogP contribution in [-0.2, 0) is 36.9 Å². The van der Waals surface area contributed by atoms with Crippen molar-refractivity contribution >= 4 is 16.6 Å². The van der Waals surface area contributed by atoms with Crippen LogP contribution in [0.1, 0.15) is 53.0 Å². The predicted molar refractivity (Wildman–Crippen MR) is 123 cm³/mol. The van der Waals surface area contributed by atoms with E-state index in [9.17, 15) is 4.79 Å². The number of hydrogen-bond acceptors (Lipinski definition) is 3. The van der Waals surface area contributed by atoms with Crippen molar-refractivity contribution in [2.75, 3.05) is 0 Å². The maximum Gasteiger partial charge on any atom is 0.143 e. The first-order valence-corrected chi connectivity index (χ1v) is 11.3. The number of aryl methyl sites for hydroxylation is 1. The van der Waals surface area contributed by atoms with Crippen LogP contribution in [0.25, 0.3) is 10.8 Å². The van der Waals surface area contributed by atoms with E-state index in [4.69, 9.17) is 4.52 Å². The molecular formula is C28H27NO2. The molecule has 1 aromatic heterocycles. The second-order valence-corrected chi connectivity index (χ2v) is 8.55. The van der Waals surface area contributed by atoms with Gasteiger partial charge in [0.05, 0.1) is 5.69 Å². The van der Waals surface area contributed by atoms with Gasteiger partial charge in [0.15, 0.2) is 0 Å². The van der Waals surface area contributed by atoms with Gasteiger partial charge in [-0.15, -0.1) is 0 Å². The highest BCUT2D eigenvalue weighted by Crippen LogP contribution is 2.36. The maximum absolute atomic E-state index is 12.8. The lowest BCUT2D eigenvalue weighted by Gasteiger charge is -2.08. The molecular weight excluding hydrogens is 382 g/mol. The number of nitrogens with zero attached hydrogens (tertiary/aromatic N) is 1. The SMILES string of the molecule is CCc1c(CCC(=O)Cc2cccc3ccccc23)noc1C1Cc2ccccc2C1. The van der Waals surface area contributed by atoms with Gasteiger partial charge in [-0.3, -0.25) is 4.79 Å². The molecule has 3 nitrogen and oxygen atoms in total. The minimum atomic E-state index is 0.247. The van der Waals surface area contributed by atoms with Crippen molar-refractivity contribution in [1.82, 2.24) is 5.16 Å². The number of benzene rings is 3. The number of carbonyl (C=O) groups is 1. The largest absolute Gasteiger partial charge is 0.361 e. The summed E-state index contributed by atoms with van der Waals surface area (Å²) in [5.74, 6) is 1.63. The van der Waals surface area contributed by atoms with Gasteiger partial charge in [-0.1, -0.05) is 78.8 Å². The number of carbonyl (C=O) groups excluding carboxylic acids is 1. The van der Waals surface area contributed by atoms with Crippen molar-refractivity contribution in [1.29, 1.82) is 0 Å². The van der Waals surface area contributed by atoms with Crippen molar-refractivity contribution in [3.05, 3.63) is 100 Å². The van der Waals surface area contributed by atoms with Gasteiger partial charge in [0.2, 0.25) is 0 Å². The molecule has 0 amide bonds. The summed E-state index contributed by atoms with van der Waals surface area (Å²) in [6.45, 7) is 2.15. The fourth-order valence-electron chi connectivity index (χ4n) is 5.00. The lowest BCUT2D eigenvalue weighted by atomic mass is 9.94. The Morgan fingerprint density at radius 3 is 2.45 bits per heavy atom. The van der Waals surface area contributed by atoms with Gasteiger partial charge in [-0.25, -0.2) is 0 Å². The maximum atomic E-state index is 12.8. The second-order valence-electron chi connectivity index (χ2n) is 8.55. The van der Waals surface area contributed by atoms with Crippen LogP contribution in [0.4, 0.5) is 0 Å². The first-order chi connectivity index (χ1) is 15.2. The molecule has 0 fully saturated rings. The van der Waals surface area contributed by atoms with Crippen LogP contribution >= 0.6 is 0 Å². The number of ketones is 1. The number of Topliss-reactive ketones (excluding diaryl/α,β-unsaturated/α-hetero) is 1. The first-order valence-electron chi connectivity index (χ1n) is 11.3. The van der Waals surface area contributed by atoms with Crippen LogP contribution in [0, 0.1) is 0 Å². The average molecular weight is 410 g/mol. The molecule has 4 aromatic rings. The standard InChI is InChI=1S/C28H27NO2/c1-2-25-27(29-31-28(25)23-16-20-9-3-4-10-21(20)17-23)15-14-24(30)18-22-12-7-11-19-8-5-6-13-26(19)22/h3-13,23H,2,14-18H2,1H3. The Morgan fingerprint density at radius 1 is 0.968 bits per heavy atom. The second kappa shape index (κ2) is 8.50. The van der Waals surface area contributed by atoms with E-state index in [0.717, 1.165) is 41.7 Å². The first kappa shape index (κ1) is 19.7. The van der Waals surface area contributed by atoms with Gasteiger partial charge < -0.3 is 4.52 Å². The lowest BCUT2D eigenvalue weighted by Crippen LogP contribution is -2.06. The normalized spacial score (nSPS) is 13.6. The van der Waals surface area contributed by atoms with E-state index in [1.165, 1.54) is 22.1 Å². The summed E-state index contributed by atoms with van der Waals surface area (Å²) in [4.78, 5) is 12.8. The minimum absolute atomic E-state index is 0.247. The van der Waals surface area contributed by atoms with E-state index in [1.807, 2.05) is 18.2 Å². The van der Waals surface area contributed by atoms with Gasteiger partial charge in [-0.05, 0) is 46.7 Å². The van der Waals surface area contributed by atoms with E-state index in [1.54, 1.807) is 0 Å². The number of fused-ring (bicyclic) bond motifs is 2. The molecule has 1 aliphatic rings. The highest BCUT2D eigenvalue weighted by Gasteiger charge is 2.29. The molecule has 156 valence electrons. The van der Waals surface area contributed by atoms with E-state index in [0.29, 0.717) is 25.2 Å². The highest BCUT2D eigenvalue weighted by molar-refractivity contribution is 5.90. The number of rotatable bonds is 7. The minimum Gasteiger partial charge on any atom is -0.361 e. The third-order valence-corrected chi connectivity index (χ3v) is 6.58. The third-order valence-electron chi connectivity index (χ3n) is 6.58. The Hall–Kier alpha value is -3.20. The van der Waals surface area contributed by atoms with Gasteiger partial charge >= 0.3 is 0 Å². The smallest absolute Gasteiger partial charge is 0.143 e. The zero-order valence-electron chi connectivity index (χ0n) is 17.9. The average Bonchev–Trinajstić information content (AvgIpc) is 3.41. The molecule has 0 atom stereocenters. The molecule has 3 aromatic carbocycles. The predicted octanol–water partition coefficient (Wildman–Crippen LogP) is 6.02. The van der Waals surface area contributed by atoms with Crippen LogP contribution < -0.4 is 0 Å². The summed E-state index contributed by atoms with van der Waals surface area (Å²) in [5.41, 5.74) is 6.09. The summed E-state index contributed by atoms with van der Waals surface area (Å²) < 4.78 is 5.85. The Bertz CT molecular complexity index is 1210. The number of aromatic nitrogens is 1. The summed E-state index contributed by atoms with van der Waals surface area (Å²) >= 11 is 0. The molecule has 1 heterocycles.